The third-order valence-corrected chi connectivity index (χ3v) is 5.83. The van der Waals surface area contributed by atoms with Gasteiger partial charge in [-0.05, 0) is 40.5 Å². The smallest absolute Gasteiger partial charge is 0.407 e. The Kier molecular flexibility index (Phi) is 8.09. The molecule has 2 amide bonds. The van der Waals surface area contributed by atoms with Crippen molar-refractivity contribution in [3.63, 3.8) is 0 Å². The maximum Gasteiger partial charge on any atom is 0.407 e. The molecule has 7 nitrogen and oxygen atoms in total. The van der Waals surface area contributed by atoms with Gasteiger partial charge < -0.3 is 20.5 Å². The average Bonchev–Trinajstić information content (AvgIpc) is 3.09. The van der Waals surface area contributed by atoms with Crippen LogP contribution < -0.4 is 10.6 Å². The molecular weight excluding hydrogens is 420 g/mol. The first-order chi connectivity index (χ1) is 15.8. The second-order valence-corrected chi connectivity index (χ2v) is 9.22. The van der Waals surface area contributed by atoms with Crippen LogP contribution in [0.15, 0.2) is 48.5 Å². The van der Waals surface area contributed by atoms with Gasteiger partial charge in [-0.1, -0.05) is 62.4 Å². The van der Waals surface area contributed by atoms with Gasteiger partial charge in [0.15, 0.2) is 0 Å². The molecule has 0 unspecified atom stereocenters. The van der Waals surface area contributed by atoms with Crippen LogP contribution in [0.3, 0.4) is 0 Å². The summed E-state index contributed by atoms with van der Waals surface area (Å²) >= 11 is 0. The lowest BCUT2D eigenvalue weighted by Crippen LogP contribution is -2.38. The van der Waals surface area contributed by atoms with Crippen molar-refractivity contribution in [1.82, 2.24) is 10.6 Å². The Hall–Kier alpha value is -3.35. The predicted octanol–water partition coefficient (Wildman–Crippen LogP) is 4.31. The third kappa shape index (κ3) is 6.81. The summed E-state index contributed by atoms with van der Waals surface area (Å²) in [6, 6.07) is 16.4. The van der Waals surface area contributed by atoms with E-state index in [1.54, 1.807) is 0 Å². The maximum absolute atomic E-state index is 12.4. The molecule has 1 aliphatic carbocycles. The Morgan fingerprint density at radius 1 is 0.939 bits per heavy atom. The van der Waals surface area contributed by atoms with Crippen molar-refractivity contribution in [3.05, 3.63) is 59.7 Å². The third-order valence-electron chi connectivity index (χ3n) is 5.83. The van der Waals surface area contributed by atoms with Crippen molar-refractivity contribution in [1.29, 1.82) is 0 Å². The lowest BCUT2D eigenvalue weighted by molar-refractivity contribution is -0.137. The first-order valence-corrected chi connectivity index (χ1v) is 11.3. The van der Waals surface area contributed by atoms with Crippen LogP contribution in [0, 0.1) is 5.41 Å². The molecule has 0 aromatic heterocycles. The summed E-state index contributed by atoms with van der Waals surface area (Å²) in [4.78, 5) is 35.0. The van der Waals surface area contributed by atoms with E-state index in [2.05, 4.69) is 34.9 Å². The standard InChI is InChI=1S/C26H32N2O5/c1-26(2,15-23(29)27-14-8-7-13-24(30)31)17-28-25(32)33-16-22-20-11-5-3-9-18(20)19-10-4-6-12-21(19)22/h3-6,9-12,22H,7-8,13-17H2,1-2H3,(H,27,29)(H,28,32)(H,30,31). The van der Waals surface area contributed by atoms with Gasteiger partial charge in [-0.2, -0.15) is 0 Å². The number of carboxylic acid groups (broad SMARTS) is 1. The second kappa shape index (κ2) is 11.0. The molecule has 2 aromatic carbocycles. The van der Waals surface area contributed by atoms with Crippen molar-refractivity contribution < 1.29 is 24.2 Å². The Balaban J connectivity index is 1.43. The number of amides is 2. The van der Waals surface area contributed by atoms with Crippen LogP contribution in [0.5, 0.6) is 0 Å². The topological polar surface area (TPSA) is 105 Å². The number of hydrogen-bond donors (Lipinski definition) is 3. The van der Waals surface area contributed by atoms with Crippen LogP contribution in [-0.2, 0) is 14.3 Å². The summed E-state index contributed by atoms with van der Waals surface area (Å²) in [5.74, 6) is -0.950. The zero-order valence-corrected chi connectivity index (χ0v) is 19.2. The number of carboxylic acids is 1. The first kappa shape index (κ1) is 24.3. The number of carbonyl (C=O) groups excluding carboxylic acids is 2. The minimum absolute atomic E-state index is 0.00284. The van der Waals surface area contributed by atoms with E-state index in [-0.39, 0.29) is 31.3 Å². The number of alkyl carbamates (subject to hydrolysis) is 1. The lowest BCUT2D eigenvalue weighted by Gasteiger charge is -2.24. The molecule has 3 rings (SSSR count). The highest BCUT2D eigenvalue weighted by Gasteiger charge is 2.29. The molecule has 2 aromatic rings. The Bertz CT molecular complexity index is 956. The van der Waals surface area contributed by atoms with Crippen LogP contribution in [0.4, 0.5) is 4.79 Å². The highest BCUT2D eigenvalue weighted by Crippen LogP contribution is 2.44. The fourth-order valence-corrected chi connectivity index (χ4v) is 4.15. The molecule has 176 valence electrons. The molecule has 1 aliphatic rings. The molecule has 33 heavy (non-hydrogen) atoms. The van der Waals surface area contributed by atoms with Crippen LogP contribution in [0.1, 0.15) is 56.6 Å². The van der Waals surface area contributed by atoms with Crippen molar-refractivity contribution in [3.8, 4) is 11.1 Å². The molecule has 0 fully saturated rings. The molecule has 0 saturated heterocycles. The van der Waals surface area contributed by atoms with Gasteiger partial charge in [-0.25, -0.2) is 4.79 Å². The number of fused-ring (bicyclic) bond motifs is 3. The summed E-state index contributed by atoms with van der Waals surface area (Å²) in [5, 5.41) is 14.2. The van der Waals surface area contributed by atoms with Crippen molar-refractivity contribution in [2.24, 2.45) is 5.41 Å². The van der Waals surface area contributed by atoms with Crippen LogP contribution >= 0.6 is 0 Å². The van der Waals surface area contributed by atoms with Crippen LogP contribution in [0.25, 0.3) is 11.1 Å². The number of rotatable bonds is 11. The van der Waals surface area contributed by atoms with E-state index in [9.17, 15) is 14.4 Å². The number of aliphatic carboxylic acids is 1. The average molecular weight is 453 g/mol. The van der Waals surface area contributed by atoms with E-state index in [1.807, 2.05) is 38.1 Å². The largest absolute Gasteiger partial charge is 0.481 e. The molecular formula is C26H32N2O5. The summed E-state index contributed by atoms with van der Waals surface area (Å²) in [6.07, 6.45) is 0.999. The number of ether oxygens (including phenoxy) is 1. The van der Waals surface area contributed by atoms with Crippen molar-refractivity contribution in [2.75, 3.05) is 19.7 Å². The van der Waals surface area contributed by atoms with E-state index in [0.717, 1.165) is 11.1 Å². The number of hydrogen-bond acceptors (Lipinski definition) is 4. The normalized spacial score (nSPS) is 12.5. The molecule has 0 saturated carbocycles. The molecule has 3 N–H and O–H groups in total. The SMILES string of the molecule is CC(C)(CNC(=O)OCC1c2ccccc2-c2ccccc21)CC(=O)NCCCCC(=O)O. The first-order valence-electron chi connectivity index (χ1n) is 11.3. The van der Waals surface area contributed by atoms with Gasteiger partial charge in [0.25, 0.3) is 0 Å². The summed E-state index contributed by atoms with van der Waals surface area (Å²) in [6.45, 7) is 4.80. The zero-order chi connectivity index (χ0) is 23.8. The summed E-state index contributed by atoms with van der Waals surface area (Å²) < 4.78 is 5.55. The zero-order valence-electron chi connectivity index (χ0n) is 19.2. The Morgan fingerprint density at radius 2 is 1.55 bits per heavy atom. The molecule has 0 radical (unpaired) electrons. The van der Waals surface area contributed by atoms with E-state index in [0.29, 0.717) is 25.9 Å². The molecule has 7 heteroatoms. The van der Waals surface area contributed by atoms with Gasteiger partial charge in [0, 0.05) is 31.8 Å². The second-order valence-electron chi connectivity index (χ2n) is 9.22. The summed E-state index contributed by atoms with van der Waals surface area (Å²) in [5.41, 5.74) is 4.23. The highest BCUT2D eigenvalue weighted by molar-refractivity contribution is 5.79. The molecule has 0 atom stereocenters. The molecule has 0 heterocycles. The number of nitrogens with one attached hydrogen (secondary N) is 2. The van der Waals surface area contributed by atoms with Gasteiger partial charge >= 0.3 is 12.1 Å². The monoisotopic (exact) mass is 452 g/mol. The van der Waals surface area contributed by atoms with E-state index < -0.39 is 17.5 Å². The number of carbonyl (C=O) groups is 3. The van der Waals surface area contributed by atoms with Gasteiger partial charge in [0.1, 0.15) is 6.61 Å². The molecule has 0 bridgehead atoms. The van der Waals surface area contributed by atoms with Crippen molar-refractivity contribution >= 4 is 18.0 Å². The van der Waals surface area contributed by atoms with Gasteiger partial charge in [0.2, 0.25) is 5.91 Å². The van der Waals surface area contributed by atoms with Crippen molar-refractivity contribution in [2.45, 2.75) is 45.4 Å². The Labute approximate surface area is 194 Å². The van der Waals surface area contributed by atoms with Gasteiger partial charge in [-0.3, -0.25) is 9.59 Å². The molecule has 0 aliphatic heterocycles. The fourth-order valence-electron chi connectivity index (χ4n) is 4.15. The maximum atomic E-state index is 12.4. The quantitative estimate of drug-likeness (QED) is 0.441. The number of benzene rings is 2. The fraction of sp³-hybridized carbons (Fsp3) is 0.423. The van der Waals surface area contributed by atoms with Gasteiger partial charge in [-0.15, -0.1) is 0 Å². The Morgan fingerprint density at radius 3 is 2.15 bits per heavy atom. The van der Waals surface area contributed by atoms with E-state index in [4.69, 9.17) is 9.84 Å². The minimum atomic E-state index is -0.832. The van der Waals surface area contributed by atoms with Gasteiger partial charge in [0.05, 0.1) is 0 Å². The lowest BCUT2D eigenvalue weighted by atomic mass is 9.89. The highest BCUT2D eigenvalue weighted by atomic mass is 16.5. The van der Waals surface area contributed by atoms with E-state index >= 15 is 0 Å². The van der Waals surface area contributed by atoms with E-state index in [1.165, 1.54) is 11.1 Å². The summed E-state index contributed by atoms with van der Waals surface area (Å²) in [7, 11) is 0. The molecule has 0 spiro atoms. The predicted molar refractivity (Wildman–Crippen MR) is 126 cm³/mol. The minimum Gasteiger partial charge on any atom is -0.481 e. The number of unbranched alkanes of at least 4 members (excludes halogenated alkanes) is 1. The van der Waals surface area contributed by atoms with Crippen LogP contribution in [0.2, 0.25) is 0 Å². The van der Waals surface area contributed by atoms with Crippen LogP contribution in [-0.4, -0.2) is 42.8 Å².